The molecule has 0 fully saturated rings. The van der Waals surface area contributed by atoms with Crippen molar-refractivity contribution in [2.45, 2.75) is 12.6 Å². The summed E-state index contributed by atoms with van der Waals surface area (Å²) < 4.78 is 39.5. The van der Waals surface area contributed by atoms with E-state index in [1.807, 2.05) is 30.3 Å². The second-order valence-electron chi connectivity index (χ2n) is 5.27. The second kappa shape index (κ2) is 5.65. The van der Waals surface area contributed by atoms with Crippen LogP contribution in [0.15, 0.2) is 42.9 Å². The smallest absolute Gasteiger partial charge is 0.257 e. The fourth-order valence-corrected chi connectivity index (χ4v) is 2.42. The summed E-state index contributed by atoms with van der Waals surface area (Å²) in [6, 6.07) is 9.54. The largest absolute Gasteiger partial charge is 0.453 e. The van der Waals surface area contributed by atoms with E-state index in [1.165, 1.54) is 17.0 Å². The summed E-state index contributed by atoms with van der Waals surface area (Å²) in [5.41, 5.74) is 2.30. The standard InChI is InChI=1S/C15H10F3N7/c16-15(17,18)14-22-12(23-24-14)11-7-25-13(19-8-20-25)10(21-11)6-9-4-2-1-3-5-9/h1-5,7-8H,6H2,(H,22,23,24). The Morgan fingerprint density at radius 2 is 1.88 bits per heavy atom. The van der Waals surface area contributed by atoms with Gasteiger partial charge >= 0.3 is 6.18 Å². The van der Waals surface area contributed by atoms with Crippen molar-refractivity contribution >= 4 is 5.65 Å². The summed E-state index contributed by atoms with van der Waals surface area (Å²) in [5.74, 6) is -1.33. The molecule has 0 unspecified atom stereocenters. The van der Waals surface area contributed by atoms with Crippen molar-refractivity contribution in [1.29, 1.82) is 0 Å². The maximum Gasteiger partial charge on any atom is 0.453 e. The zero-order valence-corrected chi connectivity index (χ0v) is 12.6. The molecular formula is C15H10F3N7. The predicted octanol–water partition coefficient (Wildman–Crippen LogP) is 2.52. The van der Waals surface area contributed by atoms with Crippen LogP contribution in [0.25, 0.3) is 17.2 Å². The molecule has 0 aliphatic rings. The van der Waals surface area contributed by atoms with E-state index in [0.29, 0.717) is 17.8 Å². The third kappa shape index (κ3) is 2.93. The molecule has 4 aromatic rings. The lowest BCUT2D eigenvalue weighted by Gasteiger charge is -2.05. The average molecular weight is 345 g/mol. The van der Waals surface area contributed by atoms with Crippen molar-refractivity contribution in [3.05, 3.63) is 59.9 Å². The summed E-state index contributed by atoms with van der Waals surface area (Å²) in [5, 5.41) is 9.51. The van der Waals surface area contributed by atoms with Gasteiger partial charge in [-0.2, -0.15) is 18.3 Å². The Labute approximate surface area is 138 Å². The van der Waals surface area contributed by atoms with Crippen LogP contribution in [0.1, 0.15) is 17.1 Å². The van der Waals surface area contributed by atoms with Gasteiger partial charge in [-0.25, -0.2) is 19.5 Å². The molecule has 1 N–H and O–H groups in total. The first-order chi connectivity index (χ1) is 12.0. The van der Waals surface area contributed by atoms with E-state index in [0.717, 1.165) is 5.56 Å². The summed E-state index contributed by atoms with van der Waals surface area (Å²) in [6.45, 7) is 0. The first kappa shape index (κ1) is 15.2. The normalized spacial score (nSPS) is 12.0. The Kier molecular flexibility index (Phi) is 3.45. The molecule has 4 rings (SSSR count). The molecule has 0 bridgehead atoms. The number of hydrogen-bond donors (Lipinski definition) is 1. The molecule has 3 heterocycles. The Morgan fingerprint density at radius 1 is 1.08 bits per heavy atom. The van der Waals surface area contributed by atoms with Crippen LogP contribution < -0.4 is 0 Å². The summed E-state index contributed by atoms with van der Waals surface area (Å²) in [7, 11) is 0. The maximum atomic E-state index is 12.7. The van der Waals surface area contributed by atoms with E-state index in [1.54, 1.807) is 0 Å². The first-order valence-corrected chi connectivity index (χ1v) is 7.24. The molecule has 0 atom stereocenters. The van der Waals surface area contributed by atoms with Crippen LogP contribution in [-0.4, -0.2) is 34.8 Å². The fourth-order valence-electron chi connectivity index (χ4n) is 2.42. The van der Waals surface area contributed by atoms with Gasteiger partial charge in [-0.15, -0.1) is 5.10 Å². The van der Waals surface area contributed by atoms with Crippen molar-refractivity contribution in [2.24, 2.45) is 0 Å². The van der Waals surface area contributed by atoms with E-state index in [4.69, 9.17) is 0 Å². The van der Waals surface area contributed by atoms with Crippen LogP contribution in [0.5, 0.6) is 0 Å². The van der Waals surface area contributed by atoms with Gasteiger partial charge in [0.1, 0.15) is 12.0 Å². The number of fused-ring (bicyclic) bond motifs is 1. The topological polar surface area (TPSA) is 84.7 Å². The van der Waals surface area contributed by atoms with Gasteiger partial charge in [0.05, 0.1) is 11.9 Å². The van der Waals surface area contributed by atoms with Crippen molar-refractivity contribution in [1.82, 2.24) is 34.8 Å². The van der Waals surface area contributed by atoms with Gasteiger partial charge in [-0.3, -0.25) is 5.10 Å². The highest BCUT2D eigenvalue weighted by Gasteiger charge is 2.36. The Bertz CT molecular complexity index is 1020. The van der Waals surface area contributed by atoms with E-state index in [2.05, 4.69) is 30.2 Å². The summed E-state index contributed by atoms with van der Waals surface area (Å²) in [4.78, 5) is 12.0. The Morgan fingerprint density at radius 3 is 2.60 bits per heavy atom. The lowest BCUT2D eigenvalue weighted by molar-refractivity contribution is -0.144. The Balaban J connectivity index is 1.79. The molecule has 25 heavy (non-hydrogen) atoms. The van der Waals surface area contributed by atoms with Gasteiger partial charge in [-0.1, -0.05) is 30.3 Å². The van der Waals surface area contributed by atoms with Crippen LogP contribution in [0, 0.1) is 0 Å². The molecule has 10 heteroatoms. The number of aromatic amines is 1. The molecular weight excluding hydrogens is 335 g/mol. The van der Waals surface area contributed by atoms with Gasteiger partial charge in [0.2, 0.25) is 0 Å². The molecule has 1 aromatic carbocycles. The number of aromatic nitrogens is 7. The van der Waals surface area contributed by atoms with Gasteiger partial charge in [0.15, 0.2) is 11.5 Å². The molecule has 0 amide bonds. The van der Waals surface area contributed by atoms with Crippen molar-refractivity contribution in [3.8, 4) is 11.5 Å². The molecule has 0 spiro atoms. The molecule has 0 aliphatic heterocycles. The molecule has 0 saturated heterocycles. The summed E-state index contributed by atoms with van der Waals surface area (Å²) in [6.07, 6.45) is -1.36. The van der Waals surface area contributed by atoms with Crippen LogP contribution in [0.3, 0.4) is 0 Å². The van der Waals surface area contributed by atoms with Gasteiger partial charge in [0, 0.05) is 6.42 Å². The zero-order chi connectivity index (χ0) is 17.4. The highest BCUT2D eigenvalue weighted by Crippen LogP contribution is 2.27. The van der Waals surface area contributed by atoms with Crippen LogP contribution in [-0.2, 0) is 12.6 Å². The number of nitrogens with one attached hydrogen (secondary N) is 1. The minimum Gasteiger partial charge on any atom is -0.257 e. The van der Waals surface area contributed by atoms with Gasteiger partial charge in [0.25, 0.3) is 5.82 Å². The minimum absolute atomic E-state index is 0.0842. The molecule has 0 aliphatic carbocycles. The number of rotatable bonds is 3. The van der Waals surface area contributed by atoms with E-state index in [-0.39, 0.29) is 11.5 Å². The maximum absolute atomic E-state index is 12.7. The SMILES string of the molecule is FC(F)(F)c1n[nH]c(-c2cn3ncnc3c(Cc3ccccc3)n2)n1. The monoisotopic (exact) mass is 345 g/mol. The summed E-state index contributed by atoms with van der Waals surface area (Å²) >= 11 is 0. The lowest BCUT2D eigenvalue weighted by atomic mass is 10.1. The van der Waals surface area contributed by atoms with Gasteiger partial charge in [-0.05, 0) is 5.56 Å². The number of H-pyrrole nitrogens is 1. The van der Waals surface area contributed by atoms with Crippen LogP contribution in [0.2, 0.25) is 0 Å². The Hall–Kier alpha value is -3.30. The first-order valence-electron chi connectivity index (χ1n) is 7.24. The van der Waals surface area contributed by atoms with Gasteiger partial charge < -0.3 is 0 Å². The number of halogens is 3. The fraction of sp³-hybridized carbons (Fsp3) is 0.133. The highest BCUT2D eigenvalue weighted by molar-refractivity contribution is 5.54. The van der Waals surface area contributed by atoms with E-state index in [9.17, 15) is 13.2 Å². The number of benzene rings is 1. The number of hydrogen-bond acceptors (Lipinski definition) is 5. The molecule has 126 valence electrons. The van der Waals surface area contributed by atoms with Crippen LogP contribution >= 0.6 is 0 Å². The molecule has 0 saturated carbocycles. The van der Waals surface area contributed by atoms with E-state index < -0.39 is 12.0 Å². The third-order valence-corrected chi connectivity index (χ3v) is 3.53. The predicted molar refractivity (Wildman–Crippen MR) is 80.4 cm³/mol. The molecule has 7 nitrogen and oxygen atoms in total. The van der Waals surface area contributed by atoms with Crippen LogP contribution in [0.4, 0.5) is 13.2 Å². The molecule has 0 radical (unpaired) electrons. The number of alkyl halides is 3. The lowest BCUT2D eigenvalue weighted by Crippen LogP contribution is -2.07. The quantitative estimate of drug-likeness (QED) is 0.617. The van der Waals surface area contributed by atoms with Crippen molar-refractivity contribution in [3.63, 3.8) is 0 Å². The number of nitrogens with zero attached hydrogens (tertiary/aromatic N) is 6. The van der Waals surface area contributed by atoms with E-state index >= 15 is 0 Å². The van der Waals surface area contributed by atoms with Crippen molar-refractivity contribution < 1.29 is 13.2 Å². The van der Waals surface area contributed by atoms with Crippen molar-refractivity contribution in [2.75, 3.05) is 0 Å². The average Bonchev–Trinajstić information content (AvgIpc) is 3.24. The third-order valence-electron chi connectivity index (χ3n) is 3.53. The highest BCUT2D eigenvalue weighted by atomic mass is 19.4. The minimum atomic E-state index is -4.63. The zero-order valence-electron chi connectivity index (χ0n) is 12.6. The second-order valence-corrected chi connectivity index (χ2v) is 5.27. The molecule has 3 aromatic heterocycles.